The molecule has 3 amide bonds. The summed E-state index contributed by atoms with van der Waals surface area (Å²) in [6, 6.07) is 23.3. The summed E-state index contributed by atoms with van der Waals surface area (Å²) in [6.45, 7) is 7.99. The molecule has 1 aliphatic carbocycles. The summed E-state index contributed by atoms with van der Waals surface area (Å²) in [5, 5.41) is 10.2. The van der Waals surface area contributed by atoms with Crippen LogP contribution in [-0.4, -0.2) is 145 Å². The minimum Gasteiger partial charge on any atom is -0.517 e. The molecule has 17 nitrogen and oxygen atoms in total. The fourth-order valence-electron chi connectivity index (χ4n) is 9.73. The van der Waals surface area contributed by atoms with Gasteiger partial charge in [0, 0.05) is 82.5 Å². The maximum Gasteiger partial charge on any atom is 1.00 e. The molecule has 3 fully saturated rings. The monoisotopic (exact) mass is 938 g/mol. The summed E-state index contributed by atoms with van der Waals surface area (Å²) in [7, 11) is 1.92. The molecule has 1 atom stereocenters. The summed E-state index contributed by atoms with van der Waals surface area (Å²) in [6.07, 6.45) is 9.65. The summed E-state index contributed by atoms with van der Waals surface area (Å²) in [4.78, 5) is 59.7. The molecular formula is C49H59KN10O7. The zero-order chi connectivity index (χ0) is 45.2. The van der Waals surface area contributed by atoms with Gasteiger partial charge in [-0.3, -0.25) is 29.1 Å². The van der Waals surface area contributed by atoms with E-state index in [9.17, 15) is 14.4 Å². The summed E-state index contributed by atoms with van der Waals surface area (Å²) in [5.41, 5.74) is 8.22. The Morgan fingerprint density at radius 2 is 1.49 bits per heavy atom. The maximum absolute atomic E-state index is 13.3. The molecule has 0 bridgehead atoms. The van der Waals surface area contributed by atoms with Crippen molar-refractivity contribution in [2.24, 2.45) is 0 Å². The molecule has 1 saturated carbocycles. The third-order valence-electron chi connectivity index (χ3n) is 13.2. The number of hydroxylamine groups is 1. The van der Waals surface area contributed by atoms with Gasteiger partial charge in [0.25, 0.3) is 11.8 Å². The summed E-state index contributed by atoms with van der Waals surface area (Å²) < 4.78 is 20.0. The van der Waals surface area contributed by atoms with Crippen molar-refractivity contribution in [2.75, 3.05) is 96.7 Å². The molecule has 1 unspecified atom stereocenters. The number of fused-ring (bicyclic) bond motifs is 2. The van der Waals surface area contributed by atoms with Gasteiger partial charge in [-0.2, -0.15) is 0 Å². The average Bonchev–Trinajstić information content (AvgIpc) is 3.87. The van der Waals surface area contributed by atoms with Crippen molar-refractivity contribution in [1.82, 2.24) is 34.6 Å². The number of imide groups is 1. The molecule has 18 heteroatoms. The van der Waals surface area contributed by atoms with Crippen molar-refractivity contribution in [3.63, 3.8) is 0 Å². The zero-order valence-corrected chi connectivity index (χ0v) is 41.7. The van der Waals surface area contributed by atoms with Crippen molar-refractivity contribution < 1.29 is 84.8 Å². The summed E-state index contributed by atoms with van der Waals surface area (Å²) in [5.74, 6) is 1.21. The van der Waals surface area contributed by atoms with E-state index in [0.717, 1.165) is 103 Å². The molecule has 3 aliphatic heterocycles. The van der Waals surface area contributed by atoms with Gasteiger partial charge in [0.1, 0.15) is 35.3 Å². The second kappa shape index (κ2) is 23.8. The van der Waals surface area contributed by atoms with Crippen molar-refractivity contribution in [2.45, 2.75) is 56.7 Å². The van der Waals surface area contributed by atoms with E-state index in [1.165, 1.54) is 0 Å². The van der Waals surface area contributed by atoms with Crippen LogP contribution in [0.2, 0.25) is 0 Å². The second-order valence-corrected chi connectivity index (χ2v) is 17.1. The maximum atomic E-state index is 13.3. The van der Waals surface area contributed by atoms with E-state index >= 15 is 0 Å². The molecule has 5 heterocycles. The van der Waals surface area contributed by atoms with Crippen molar-refractivity contribution in [3.05, 3.63) is 102 Å². The number of carbonyl (C=O) groups is 3. The number of nitrogens with one attached hydrogen (secondary N) is 3. The van der Waals surface area contributed by atoms with Crippen LogP contribution in [-0.2, 0) is 19.1 Å². The number of rotatable bonds is 20. The number of anilines is 2. The third-order valence-corrected chi connectivity index (χ3v) is 13.2. The standard InChI is InChI=1S/C49H59N10O7.K/c1-50-45-44-40(34-12-18-38(19-13-34)66-37-7-3-2-4-8-37)31-58(46(44)54-32-53-45)36-16-14-35(15-17-36)57-23-21-56(22-24-57)25-26-63-27-28-64-29-30-65-55-33-52-41-10-5-9-39-43(41)49(62)59(48(39)61)42-11-6-20-51-47(42)60;/h2-5,7-10,12-13,18-19,31-32,35-36,42,52H,6,11,14-17,20-30,33H2,1H3,(H,51,60)(H,50,53,54);/q-1;+1. The smallest absolute Gasteiger partial charge is 0.517 e. The van der Waals surface area contributed by atoms with Crippen molar-refractivity contribution in [3.8, 4) is 22.6 Å². The van der Waals surface area contributed by atoms with Crippen LogP contribution in [0.15, 0.2) is 85.3 Å². The van der Waals surface area contributed by atoms with E-state index < -0.39 is 17.9 Å². The number of piperazine rings is 1. The van der Waals surface area contributed by atoms with Gasteiger partial charge in [0.05, 0.1) is 42.9 Å². The number of piperidine rings is 1. The van der Waals surface area contributed by atoms with Crippen LogP contribution in [0.4, 0.5) is 11.5 Å². The Hall–Kier alpha value is -4.31. The Morgan fingerprint density at radius 3 is 2.25 bits per heavy atom. The largest absolute Gasteiger partial charge is 1.00 e. The molecule has 0 spiro atoms. The molecular weight excluding hydrogens is 880 g/mol. The molecule has 9 rings (SSSR count). The Balaban J connectivity index is 0.00000608. The Kier molecular flexibility index (Phi) is 17.5. The first-order valence-corrected chi connectivity index (χ1v) is 23.3. The Morgan fingerprint density at radius 1 is 0.761 bits per heavy atom. The van der Waals surface area contributed by atoms with E-state index in [1.54, 1.807) is 24.5 Å². The van der Waals surface area contributed by atoms with Gasteiger partial charge >= 0.3 is 51.4 Å². The predicted octanol–water partition coefficient (Wildman–Crippen LogP) is 3.32. The predicted molar refractivity (Wildman–Crippen MR) is 251 cm³/mol. The van der Waals surface area contributed by atoms with E-state index in [-0.39, 0.29) is 81.7 Å². The van der Waals surface area contributed by atoms with Crippen LogP contribution in [0.3, 0.4) is 0 Å². The van der Waals surface area contributed by atoms with Crippen LogP contribution in [0.25, 0.3) is 27.6 Å². The molecule has 5 aromatic rings. The van der Waals surface area contributed by atoms with Gasteiger partial charge in [-0.05, 0) is 80.5 Å². The van der Waals surface area contributed by atoms with Crippen molar-refractivity contribution in [1.29, 1.82) is 0 Å². The number of amides is 3. The topological polar surface area (TPSA) is 179 Å². The number of carbonyl (C=O) groups excluding carboxylic acids is 3. The first kappa shape index (κ1) is 49.1. The van der Waals surface area contributed by atoms with Gasteiger partial charge in [0.15, 0.2) is 0 Å². The fraction of sp³-hybridized carbons (Fsp3) is 0.449. The van der Waals surface area contributed by atoms with E-state index in [2.05, 4.69) is 59.1 Å². The third kappa shape index (κ3) is 11.6. The first-order chi connectivity index (χ1) is 32.5. The van der Waals surface area contributed by atoms with Gasteiger partial charge in [0.2, 0.25) is 5.91 Å². The van der Waals surface area contributed by atoms with Crippen molar-refractivity contribution >= 4 is 40.3 Å². The van der Waals surface area contributed by atoms with Crippen LogP contribution in [0.5, 0.6) is 11.5 Å². The minimum atomic E-state index is -0.792. The van der Waals surface area contributed by atoms with Crippen LogP contribution < -0.4 is 72.1 Å². The van der Waals surface area contributed by atoms with Gasteiger partial charge in [-0.25, -0.2) is 9.97 Å². The molecule has 0 radical (unpaired) electrons. The molecule has 3 aromatic carbocycles. The number of ether oxygens (including phenoxy) is 3. The van der Waals surface area contributed by atoms with Crippen LogP contribution in [0.1, 0.15) is 65.3 Å². The number of nitrogens with zero attached hydrogens (tertiary/aromatic N) is 7. The van der Waals surface area contributed by atoms with Gasteiger partial charge in [-0.1, -0.05) is 43.1 Å². The van der Waals surface area contributed by atoms with Gasteiger partial charge < -0.3 is 45.0 Å². The SMILES string of the molecule is CNc1ncnc2c1c(-c1ccc(Oc3ccccc3)cc1)cn2C1CCC(N2CCN(CCOCCOCCO[N-]CNc3cccc4c3C(=O)N(C3CCCNC3=O)C4=O)CC2)CC1.[K+]. The first-order valence-electron chi connectivity index (χ1n) is 23.3. The fourth-order valence-corrected chi connectivity index (χ4v) is 9.73. The van der Waals surface area contributed by atoms with Crippen LogP contribution in [0, 0.1) is 0 Å². The molecule has 2 aromatic heterocycles. The normalized spacial score (nSPS) is 20.1. The molecule has 4 aliphatic rings. The Labute approximate surface area is 434 Å². The summed E-state index contributed by atoms with van der Waals surface area (Å²) >= 11 is 0. The van der Waals surface area contributed by atoms with Gasteiger partial charge in [-0.15, -0.1) is 0 Å². The quantitative estimate of drug-likeness (QED) is 0.0449. The van der Waals surface area contributed by atoms with E-state index in [1.807, 2.05) is 49.5 Å². The molecule has 3 N–H and O–H groups in total. The van der Waals surface area contributed by atoms with E-state index in [0.29, 0.717) is 63.6 Å². The number of aromatic nitrogens is 3. The average molecular weight is 939 g/mol. The van der Waals surface area contributed by atoms with Crippen LogP contribution >= 0.6 is 0 Å². The number of para-hydroxylation sites is 1. The number of hydrogen-bond donors (Lipinski definition) is 3. The molecule has 67 heavy (non-hydrogen) atoms. The molecule has 2 saturated heterocycles. The number of benzene rings is 3. The molecule has 348 valence electrons. The minimum absolute atomic E-state index is 0. The number of hydrogen-bond acceptors (Lipinski definition) is 13. The zero-order valence-electron chi connectivity index (χ0n) is 38.5. The second-order valence-electron chi connectivity index (χ2n) is 17.1. The Bertz CT molecular complexity index is 2440. The van der Waals surface area contributed by atoms with E-state index in [4.69, 9.17) is 24.0 Å².